The number of hydrogen-bond acceptors (Lipinski definition) is 8. The summed E-state index contributed by atoms with van der Waals surface area (Å²) in [6.07, 6.45) is 3.28. The van der Waals surface area contributed by atoms with Gasteiger partial charge in [0.1, 0.15) is 24.1 Å². The van der Waals surface area contributed by atoms with E-state index in [9.17, 15) is 27.6 Å². The third kappa shape index (κ3) is 9.27. The van der Waals surface area contributed by atoms with Gasteiger partial charge in [-0.05, 0) is 54.7 Å². The van der Waals surface area contributed by atoms with Crippen molar-refractivity contribution in [2.45, 2.75) is 55.8 Å². The molecule has 2 saturated heterocycles. The zero-order chi connectivity index (χ0) is 33.3. The van der Waals surface area contributed by atoms with Gasteiger partial charge in [-0.3, -0.25) is 14.6 Å². The molecule has 0 spiro atoms. The molecule has 47 heavy (non-hydrogen) atoms. The number of alkyl carbamates (subject to hydrolysis) is 1. The van der Waals surface area contributed by atoms with Gasteiger partial charge >= 0.3 is 6.09 Å². The second kappa shape index (κ2) is 15.8. The third-order valence-electron chi connectivity index (χ3n) is 8.26. The van der Waals surface area contributed by atoms with E-state index in [4.69, 9.17) is 15.2 Å². The van der Waals surface area contributed by atoms with E-state index in [1.165, 1.54) is 54.7 Å². The molecule has 2 aliphatic rings. The first-order chi connectivity index (χ1) is 22.7. The molecule has 1 aromatic heterocycles. The molecule has 5 rings (SSSR count). The maximum absolute atomic E-state index is 15.0. The minimum atomic E-state index is -1.20. The Hall–Kier alpha value is -4.53. The number of pyridine rings is 1. The van der Waals surface area contributed by atoms with Crippen LogP contribution in [0.2, 0.25) is 0 Å². The smallest absolute Gasteiger partial charge is 0.407 e. The summed E-state index contributed by atoms with van der Waals surface area (Å²) < 4.78 is 53.5. The largest absolute Gasteiger partial charge is 0.448 e. The zero-order valence-electron chi connectivity index (χ0n) is 25.5. The number of hydrogen-bond donors (Lipinski definition) is 5. The van der Waals surface area contributed by atoms with E-state index in [0.717, 1.165) is 6.20 Å². The van der Waals surface area contributed by atoms with Crippen molar-refractivity contribution in [2.24, 2.45) is 5.73 Å². The second-order valence-corrected chi connectivity index (χ2v) is 11.6. The lowest BCUT2D eigenvalue weighted by Crippen LogP contribution is -2.49. The molecule has 3 heterocycles. The summed E-state index contributed by atoms with van der Waals surface area (Å²) in [5.74, 6) is -2.94. The standard InChI is InChI=1S/C33H37F3N6O5/c34-21-5-1-19(2-6-21)30(20-3-7-22(35)8-4-20)31(37)32(44)42-28-16-38-15-27(36)26(28)11-10-25-14-39-24(17-46-25)18-47-33(45)40-13-23-9-12-29(43)41-23/h1-8,15-16,23-25,30-31,39H,9-14,17-18,37H2,(H,40,45)(H,41,43)(H,42,44)/t23?,24-,25+,31-/m0/s1. The van der Waals surface area contributed by atoms with Crippen LogP contribution in [0.25, 0.3) is 0 Å². The Morgan fingerprint density at radius 1 is 1.02 bits per heavy atom. The van der Waals surface area contributed by atoms with Gasteiger partial charge in [0.2, 0.25) is 11.8 Å². The van der Waals surface area contributed by atoms with E-state index in [-0.39, 0.29) is 55.0 Å². The quantitative estimate of drug-likeness (QED) is 0.200. The Kier molecular flexibility index (Phi) is 11.4. The fourth-order valence-corrected chi connectivity index (χ4v) is 5.67. The maximum atomic E-state index is 15.0. The van der Waals surface area contributed by atoms with Crippen molar-refractivity contribution in [1.29, 1.82) is 0 Å². The number of benzene rings is 2. The number of morpholine rings is 1. The van der Waals surface area contributed by atoms with Gasteiger partial charge in [-0.2, -0.15) is 0 Å². The fraction of sp³-hybridized carbons (Fsp3) is 0.394. The van der Waals surface area contributed by atoms with Crippen molar-refractivity contribution < 1.29 is 37.0 Å². The van der Waals surface area contributed by atoms with Gasteiger partial charge in [0, 0.05) is 37.0 Å². The fourth-order valence-electron chi connectivity index (χ4n) is 5.67. The number of nitrogens with two attached hydrogens (primary N) is 1. The molecule has 1 unspecified atom stereocenters. The summed E-state index contributed by atoms with van der Waals surface area (Å²) in [4.78, 5) is 40.6. The SMILES string of the molecule is N[C@H](C(=O)Nc1cncc(F)c1CC[C@@H]1CN[C@H](COC(=O)NCC2CCC(=O)N2)CO1)C(c1ccc(F)cc1)c1ccc(F)cc1. The van der Waals surface area contributed by atoms with Crippen molar-refractivity contribution in [3.05, 3.63) is 95.1 Å². The van der Waals surface area contributed by atoms with Crippen LogP contribution in [0.3, 0.4) is 0 Å². The van der Waals surface area contributed by atoms with E-state index in [0.29, 0.717) is 43.5 Å². The molecule has 2 aromatic carbocycles. The number of nitrogens with one attached hydrogen (secondary N) is 4. The number of nitrogens with zero attached hydrogens (tertiary/aromatic N) is 1. The topological polar surface area (TPSA) is 157 Å². The molecule has 2 fully saturated rings. The first-order valence-electron chi connectivity index (χ1n) is 15.4. The van der Waals surface area contributed by atoms with Crippen LogP contribution in [0.15, 0.2) is 60.9 Å². The van der Waals surface area contributed by atoms with E-state index in [1.54, 1.807) is 0 Å². The summed E-state index contributed by atoms with van der Waals surface area (Å²) in [5.41, 5.74) is 7.91. The Labute approximate surface area is 269 Å². The van der Waals surface area contributed by atoms with Gasteiger partial charge in [-0.25, -0.2) is 18.0 Å². The van der Waals surface area contributed by atoms with E-state index in [1.807, 2.05) is 0 Å². The molecule has 0 saturated carbocycles. The maximum Gasteiger partial charge on any atom is 0.407 e. The van der Waals surface area contributed by atoms with Gasteiger partial charge in [-0.15, -0.1) is 0 Å². The van der Waals surface area contributed by atoms with Gasteiger partial charge in [0.25, 0.3) is 0 Å². The van der Waals surface area contributed by atoms with Gasteiger partial charge in [0.05, 0.1) is 42.9 Å². The Morgan fingerprint density at radius 2 is 1.70 bits per heavy atom. The predicted octanol–water partition coefficient (Wildman–Crippen LogP) is 2.89. The van der Waals surface area contributed by atoms with E-state index < -0.39 is 41.4 Å². The molecule has 14 heteroatoms. The lowest BCUT2D eigenvalue weighted by Gasteiger charge is -2.30. The van der Waals surface area contributed by atoms with E-state index >= 15 is 0 Å². The minimum absolute atomic E-state index is 0.0321. The van der Waals surface area contributed by atoms with Gasteiger partial charge in [-0.1, -0.05) is 24.3 Å². The van der Waals surface area contributed by atoms with Crippen molar-refractivity contribution in [1.82, 2.24) is 20.9 Å². The van der Waals surface area contributed by atoms with Crippen LogP contribution < -0.4 is 27.0 Å². The number of aromatic nitrogens is 1. The highest BCUT2D eigenvalue weighted by atomic mass is 19.1. The summed E-state index contributed by atoms with van der Waals surface area (Å²) in [6, 6.07) is 9.51. The van der Waals surface area contributed by atoms with Crippen LogP contribution in [0.5, 0.6) is 0 Å². The second-order valence-electron chi connectivity index (χ2n) is 11.6. The van der Waals surface area contributed by atoms with E-state index in [2.05, 4.69) is 26.3 Å². The number of anilines is 1. The number of ether oxygens (including phenoxy) is 2. The molecule has 4 atom stereocenters. The Morgan fingerprint density at radius 3 is 2.30 bits per heavy atom. The number of halogens is 3. The highest BCUT2D eigenvalue weighted by Gasteiger charge is 2.30. The molecule has 3 aromatic rings. The number of amides is 3. The summed E-state index contributed by atoms with van der Waals surface area (Å²) >= 11 is 0. The lowest BCUT2D eigenvalue weighted by atomic mass is 9.85. The molecule has 11 nitrogen and oxygen atoms in total. The monoisotopic (exact) mass is 654 g/mol. The van der Waals surface area contributed by atoms with Crippen LogP contribution >= 0.6 is 0 Å². The number of carbonyl (C=O) groups excluding carboxylic acids is 3. The van der Waals surface area contributed by atoms with Crippen molar-refractivity contribution in [2.75, 3.05) is 31.6 Å². The average Bonchev–Trinajstić information content (AvgIpc) is 3.49. The molecule has 3 amide bonds. The number of carbonyl (C=O) groups is 3. The van der Waals surface area contributed by atoms with Crippen molar-refractivity contribution in [3.63, 3.8) is 0 Å². The normalized spacial score (nSPS) is 20.0. The van der Waals surface area contributed by atoms with Crippen LogP contribution in [-0.2, 0) is 25.5 Å². The van der Waals surface area contributed by atoms with Crippen molar-refractivity contribution >= 4 is 23.6 Å². The van der Waals surface area contributed by atoms with Crippen LogP contribution in [0, 0.1) is 17.5 Å². The zero-order valence-corrected chi connectivity index (χ0v) is 25.5. The molecular weight excluding hydrogens is 617 g/mol. The molecule has 0 aliphatic carbocycles. The van der Waals surface area contributed by atoms with Crippen LogP contribution in [-0.4, -0.2) is 73.4 Å². The van der Waals surface area contributed by atoms with Crippen LogP contribution in [0.4, 0.5) is 23.7 Å². The highest BCUT2D eigenvalue weighted by Crippen LogP contribution is 2.29. The summed E-state index contributed by atoms with van der Waals surface area (Å²) in [7, 11) is 0. The van der Waals surface area contributed by atoms with Crippen molar-refractivity contribution in [3.8, 4) is 0 Å². The molecule has 0 radical (unpaired) electrons. The predicted molar refractivity (Wildman–Crippen MR) is 166 cm³/mol. The molecular formula is C33H37F3N6O5. The third-order valence-corrected chi connectivity index (χ3v) is 8.26. The van der Waals surface area contributed by atoms with Gasteiger partial charge < -0.3 is 36.5 Å². The lowest BCUT2D eigenvalue weighted by molar-refractivity contribution is -0.119. The summed E-state index contributed by atoms with van der Waals surface area (Å²) in [5, 5.41) is 11.4. The Balaban J connectivity index is 1.14. The molecule has 6 N–H and O–H groups in total. The molecule has 250 valence electrons. The average molecular weight is 655 g/mol. The molecule has 2 aliphatic heterocycles. The molecule has 0 bridgehead atoms. The highest BCUT2D eigenvalue weighted by molar-refractivity contribution is 5.96. The minimum Gasteiger partial charge on any atom is -0.448 e. The number of rotatable bonds is 12. The summed E-state index contributed by atoms with van der Waals surface area (Å²) in [6.45, 7) is 1.08. The first kappa shape index (κ1) is 33.8. The van der Waals surface area contributed by atoms with Gasteiger partial charge in [0.15, 0.2) is 0 Å². The first-order valence-corrected chi connectivity index (χ1v) is 15.4. The Bertz CT molecular complexity index is 1490. The van der Waals surface area contributed by atoms with Crippen LogP contribution in [0.1, 0.15) is 41.9 Å².